The van der Waals surface area contributed by atoms with Crippen LogP contribution in [-0.2, 0) is 0 Å². The number of aromatic nitrogens is 3. The highest BCUT2D eigenvalue weighted by Gasteiger charge is 2.58. The molecule has 146 valence electrons. The van der Waals surface area contributed by atoms with Gasteiger partial charge >= 0.3 is 0 Å². The van der Waals surface area contributed by atoms with E-state index in [1.807, 2.05) is 12.3 Å². The zero-order valence-corrected chi connectivity index (χ0v) is 16.6. The molecule has 2 atom stereocenters. The number of thiazole rings is 1. The smallest absolute Gasteiger partial charge is 0.271 e. The molecule has 2 amide bonds. The molecule has 4 aliphatic rings. The summed E-state index contributed by atoms with van der Waals surface area (Å²) in [7, 11) is 0. The Balaban J connectivity index is 1.38. The Bertz CT molecular complexity index is 914. The molecule has 2 aromatic heterocycles. The van der Waals surface area contributed by atoms with Gasteiger partial charge < -0.3 is 10.6 Å². The van der Waals surface area contributed by atoms with Crippen molar-refractivity contribution >= 4 is 23.2 Å². The van der Waals surface area contributed by atoms with Gasteiger partial charge in [0.1, 0.15) is 11.4 Å². The predicted octanol–water partition coefficient (Wildman–Crippen LogP) is 2.49. The van der Waals surface area contributed by atoms with Crippen LogP contribution in [0.2, 0.25) is 0 Å². The van der Waals surface area contributed by atoms with Crippen molar-refractivity contribution in [2.75, 3.05) is 0 Å². The highest BCUT2D eigenvalue weighted by atomic mass is 32.1. The fourth-order valence-electron chi connectivity index (χ4n) is 6.05. The number of rotatable bonds is 4. The molecule has 2 unspecified atom stereocenters. The molecular weight excluding hydrogens is 374 g/mol. The van der Waals surface area contributed by atoms with E-state index in [1.54, 1.807) is 6.20 Å². The molecule has 0 aromatic carbocycles. The third kappa shape index (κ3) is 3.09. The van der Waals surface area contributed by atoms with Gasteiger partial charge in [0.15, 0.2) is 0 Å². The van der Waals surface area contributed by atoms with E-state index in [0.717, 1.165) is 37.1 Å². The first-order valence-corrected chi connectivity index (χ1v) is 10.7. The van der Waals surface area contributed by atoms with E-state index in [-0.39, 0.29) is 22.9 Å². The van der Waals surface area contributed by atoms with Crippen molar-refractivity contribution in [3.05, 3.63) is 40.4 Å². The number of nitrogens with one attached hydrogen (secondary N) is 2. The number of aryl methyl sites for hydroxylation is 1. The molecule has 4 bridgehead atoms. The third-order valence-corrected chi connectivity index (χ3v) is 7.24. The van der Waals surface area contributed by atoms with Crippen LogP contribution in [0.3, 0.4) is 0 Å². The second kappa shape index (κ2) is 6.34. The van der Waals surface area contributed by atoms with Crippen molar-refractivity contribution in [3.8, 4) is 0 Å². The number of amides is 2. The van der Waals surface area contributed by atoms with Crippen molar-refractivity contribution in [2.24, 2.45) is 11.8 Å². The van der Waals surface area contributed by atoms with Crippen LogP contribution in [-0.4, -0.2) is 37.8 Å². The first-order valence-electron chi connectivity index (χ1n) is 9.77. The molecule has 7 nitrogen and oxygen atoms in total. The standard InChI is InChI=1S/C20H23N5O2S/c1-12-23-16(10-28-12)18(27)25-20-7-13-4-14(8-20)6-19(5-13,11-20)24-17(26)15-9-21-2-3-22-15/h2-3,9-10,13-14H,4-8,11H2,1H3,(H,24,26)(H,25,27). The monoisotopic (exact) mass is 397 g/mol. The molecular formula is C20H23N5O2S. The van der Waals surface area contributed by atoms with E-state index >= 15 is 0 Å². The maximum absolute atomic E-state index is 12.8. The number of carbonyl (C=O) groups is 2. The third-order valence-electron chi connectivity index (χ3n) is 6.47. The molecule has 6 rings (SSSR count). The summed E-state index contributed by atoms with van der Waals surface area (Å²) in [4.78, 5) is 38.1. The molecule has 4 fully saturated rings. The van der Waals surface area contributed by atoms with Crippen molar-refractivity contribution in [2.45, 2.75) is 56.5 Å². The van der Waals surface area contributed by atoms with Crippen molar-refractivity contribution in [1.82, 2.24) is 25.6 Å². The van der Waals surface area contributed by atoms with E-state index in [4.69, 9.17) is 0 Å². The first-order chi connectivity index (χ1) is 13.4. The van der Waals surface area contributed by atoms with Crippen LogP contribution in [0, 0.1) is 18.8 Å². The van der Waals surface area contributed by atoms with Crippen LogP contribution in [0.4, 0.5) is 0 Å². The van der Waals surface area contributed by atoms with Crippen molar-refractivity contribution in [1.29, 1.82) is 0 Å². The average molecular weight is 398 g/mol. The summed E-state index contributed by atoms with van der Waals surface area (Å²) in [6.07, 6.45) is 10.5. The topological polar surface area (TPSA) is 96.9 Å². The Morgan fingerprint density at radius 1 is 1.04 bits per heavy atom. The van der Waals surface area contributed by atoms with Crippen LogP contribution in [0.5, 0.6) is 0 Å². The van der Waals surface area contributed by atoms with Crippen LogP contribution in [0.15, 0.2) is 24.0 Å². The molecule has 4 aliphatic carbocycles. The van der Waals surface area contributed by atoms with E-state index < -0.39 is 0 Å². The second-order valence-electron chi connectivity index (χ2n) is 8.77. The van der Waals surface area contributed by atoms with Gasteiger partial charge in [-0.3, -0.25) is 14.6 Å². The fourth-order valence-corrected chi connectivity index (χ4v) is 6.64. The minimum atomic E-state index is -0.274. The highest BCUT2D eigenvalue weighted by molar-refractivity contribution is 7.09. The first kappa shape index (κ1) is 17.7. The Labute approximate surface area is 167 Å². The van der Waals surface area contributed by atoms with Gasteiger partial charge in [-0.25, -0.2) is 9.97 Å². The molecule has 4 saturated carbocycles. The maximum atomic E-state index is 12.8. The largest absolute Gasteiger partial charge is 0.345 e. The Morgan fingerprint density at radius 3 is 2.21 bits per heavy atom. The lowest BCUT2D eigenvalue weighted by Gasteiger charge is -2.62. The zero-order chi connectivity index (χ0) is 19.4. The van der Waals surface area contributed by atoms with Gasteiger partial charge in [-0.2, -0.15) is 0 Å². The van der Waals surface area contributed by atoms with Gasteiger partial charge in [0.05, 0.1) is 11.2 Å². The van der Waals surface area contributed by atoms with Crippen LogP contribution >= 0.6 is 11.3 Å². The number of hydrogen-bond acceptors (Lipinski definition) is 6. The molecule has 28 heavy (non-hydrogen) atoms. The van der Waals surface area contributed by atoms with Gasteiger partial charge in [-0.1, -0.05) is 0 Å². The zero-order valence-electron chi connectivity index (χ0n) is 15.8. The van der Waals surface area contributed by atoms with Crippen molar-refractivity contribution < 1.29 is 9.59 Å². The predicted molar refractivity (Wildman–Crippen MR) is 104 cm³/mol. The second-order valence-corrected chi connectivity index (χ2v) is 9.83. The summed E-state index contributed by atoms with van der Waals surface area (Å²) in [5, 5.41) is 9.30. The van der Waals surface area contributed by atoms with Crippen LogP contribution in [0.1, 0.15) is 64.5 Å². The Hall–Kier alpha value is -2.35. The SMILES string of the molecule is Cc1nc(C(=O)NC23CC4CC(CC(NC(=O)c5cnccn5)(C4)C2)C3)cs1. The summed E-state index contributed by atoms with van der Waals surface area (Å²) < 4.78 is 0. The maximum Gasteiger partial charge on any atom is 0.271 e. The van der Waals surface area contributed by atoms with Gasteiger partial charge in [0, 0.05) is 28.9 Å². The lowest BCUT2D eigenvalue weighted by molar-refractivity contribution is -0.0449. The summed E-state index contributed by atoms with van der Waals surface area (Å²) in [6, 6.07) is 0. The van der Waals surface area contributed by atoms with E-state index in [1.165, 1.54) is 30.2 Å². The summed E-state index contributed by atoms with van der Waals surface area (Å²) in [6.45, 7) is 1.91. The quantitative estimate of drug-likeness (QED) is 0.826. The van der Waals surface area contributed by atoms with Crippen LogP contribution < -0.4 is 10.6 Å². The van der Waals surface area contributed by atoms with Gasteiger partial charge in [0.2, 0.25) is 0 Å². The highest BCUT2D eigenvalue weighted by Crippen LogP contribution is 2.57. The molecule has 0 aliphatic heterocycles. The van der Waals surface area contributed by atoms with Gasteiger partial charge in [-0.05, 0) is 57.3 Å². The number of nitrogens with zero attached hydrogens (tertiary/aromatic N) is 3. The fraction of sp³-hybridized carbons (Fsp3) is 0.550. The normalized spacial score (nSPS) is 32.9. The number of carbonyl (C=O) groups excluding carboxylic acids is 2. The van der Waals surface area contributed by atoms with Crippen LogP contribution in [0.25, 0.3) is 0 Å². The molecule has 0 radical (unpaired) electrons. The molecule has 2 aromatic rings. The Morgan fingerprint density at radius 2 is 1.68 bits per heavy atom. The number of hydrogen-bond donors (Lipinski definition) is 2. The minimum absolute atomic E-state index is 0.0956. The lowest BCUT2D eigenvalue weighted by Crippen LogP contribution is -2.69. The van der Waals surface area contributed by atoms with Crippen molar-refractivity contribution in [3.63, 3.8) is 0 Å². The van der Waals surface area contributed by atoms with Gasteiger partial charge in [0.25, 0.3) is 11.8 Å². The molecule has 2 heterocycles. The van der Waals surface area contributed by atoms with E-state index in [9.17, 15) is 9.59 Å². The summed E-state index contributed by atoms with van der Waals surface area (Å²) in [5.74, 6) is 0.787. The minimum Gasteiger partial charge on any atom is -0.345 e. The average Bonchev–Trinajstić information content (AvgIpc) is 3.07. The molecule has 8 heteroatoms. The van der Waals surface area contributed by atoms with Gasteiger partial charge in [-0.15, -0.1) is 11.3 Å². The lowest BCUT2D eigenvalue weighted by atomic mass is 9.49. The summed E-state index contributed by atoms with van der Waals surface area (Å²) >= 11 is 1.49. The van der Waals surface area contributed by atoms with E-state index in [2.05, 4.69) is 25.6 Å². The van der Waals surface area contributed by atoms with E-state index in [0.29, 0.717) is 23.2 Å². The summed E-state index contributed by atoms with van der Waals surface area (Å²) in [5.41, 5.74) is 0.309. The Kier molecular flexibility index (Phi) is 4.01. The molecule has 0 saturated heterocycles. The molecule has 0 spiro atoms. The molecule has 2 N–H and O–H groups in total.